The van der Waals surface area contributed by atoms with E-state index < -0.39 is 0 Å². The minimum absolute atomic E-state index is 0.0168. The van der Waals surface area contributed by atoms with Crippen LogP contribution < -0.4 is 5.32 Å². The molecule has 13 heavy (non-hydrogen) atoms. The second kappa shape index (κ2) is 5.75. The number of aliphatic hydroxyl groups is 1. The second-order valence-corrected chi connectivity index (χ2v) is 3.72. The Bertz CT molecular complexity index is 193. The molecule has 2 N–H and O–H groups in total. The van der Waals surface area contributed by atoms with Gasteiger partial charge in [-0.1, -0.05) is 5.57 Å². The van der Waals surface area contributed by atoms with Crippen molar-refractivity contribution in [2.75, 3.05) is 0 Å². The number of nitrogens with one attached hydrogen (secondary N) is 1. The highest BCUT2D eigenvalue weighted by molar-refractivity contribution is 5.88. The first kappa shape index (κ1) is 12.2. The molecule has 0 aliphatic carbocycles. The average Bonchev–Trinajstić information content (AvgIpc) is 1.80. The molecule has 0 heterocycles. The molecule has 0 spiro atoms. The lowest BCUT2D eigenvalue weighted by molar-refractivity contribution is -0.117. The Morgan fingerprint density at radius 3 is 2.38 bits per heavy atom. The molecule has 3 heteroatoms. The van der Waals surface area contributed by atoms with Gasteiger partial charge in [0, 0.05) is 12.1 Å². The van der Waals surface area contributed by atoms with Gasteiger partial charge in [0.15, 0.2) is 0 Å². The van der Waals surface area contributed by atoms with Crippen molar-refractivity contribution in [2.24, 2.45) is 0 Å². The molecule has 0 radical (unpaired) electrons. The Labute approximate surface area is 79.8 Å². The van der Waals surface area contributed by atoms with Crippen molar-refractivity contribution in [1.82, 2.24) is 5.32 Å². The highest BCUT2D eigenvalue weighted by Crippen LogP contribution is 1.97. The van der Waals surface area contributed by atoms with Gasteiger partial charge in [-0.25, -0.2) is 0 Å². The molecule has 0 rings (SSSR count). The molecule has 76 valence electrons. The number of hydrogen-bond donors (Lipinski definition) is 2. The third kappa shape index (κ3) is 7.53. The maximum Gasteiger partial charge on any atom is 0.244 e. The van der Waals surface area contributed by atoms with Crippen LogP contribution in [0.2, 0.25) is 0 Å². The van der Waals surface area contributed by atoms with Crippen molar-refractivity contribution < 1.29 is 9.90 Å². The van der Waals surface area contributed by atoms with Crippen LogP contribution in [0, 0.1) is 0 Å². The molecule has 2 atom stereocenters. The van der Waals surface area contributed by atoms with Crippen molar-refractivity contribution >= 4 is 5.91 Å². The quantitative estimate of drug-likeness (QED) is 0.647. The molecule has 0 aliphatic rings. The summed E-state index contributed by atoms with van der Waals surface area (Å²) in [4.78, 5) is 11.2. The zero-order valence-electron chi connectivity index (χ0n) is 8.79. The predicted octanol–water partition coefficient (Wildman–Crippen LogP) is 1.23. The second-order valence-electron chi connectivity index (χ2n) is 3.72. The molecule has 0 bridgehead atoms. The number of amides is 1. The van der Waals surface area contributed by atoms with Crippen LogP contribution in [0.5, 0.6) is 0 Å². The normalized spacial score (nSPS) is 14.5. The molecule has 1 amide bonds. The van der Waals surface area contributed by atoms with E-state index in [0.29, 0.717) is 6.42 Å². The molecular formula is C10H19NO2. The lowest BCUT2D eigenvalue weighted by Gasteiger charge is -2.13. The Hall–Kier alpha value is -0.830. The largest absolute Gasteiger partial charge is 0.393 e. The van der Waals surface area contributed by atoms with Crippen LogP contribution in [0.25, 0.3) is 0 Å². The third-order valence-electron chi connectivity index (χ3n) is 1.50. The summed E-state index contributed by atoms with van der Waals surface area (Å²) in [6, 6.07) is 0.0168. The van der Waals surface area contributed by atoms with Crippen LogP contribution >= 0.6 is 0 Å². The van der Waals surface area contributed by atoms with Crippen molar-refractivity contribution in [3.05, 3.63) is 11.6 Å². The van der Waals surface area contributed by atoms with Crippen molar-refractivity contribution in [3.8, 4) is 0 Å². The van der Waals surface area contributed by atoms with Gasteiger partial charge < -0.3 is 10.4 Å². The summed E-state index contributed by atoms with van der Waals surface area (Å²) in [7, 11) is 0. The summed E-state index contributed by atoms with van der Waals surface area (Å²) in [5.41, 5.74) is 0.974. The summed E-state index contributed by atoms with van der Waals surface area (Å²) in [6.07, 6.45) is 1.77. The van der Waals surface area contributed by atoms with Crippen LogP contribution in [-0.2, 0) is 4.79 Å². The van der Waals surface area contributed by atoms with E-state index in [4.69, 9.17) is 5.11 Å². The summed E-state index contributed by atoms with van der Waals surface area (Å²) in [5, 5.41) is 11.8. The van der Waals surface area contributed by atoms with Crippen molar-refractivity contribution in [2.45, 2.75) is 46.3 Å². The van der Waals surface area contributed by atoms with Gasteiger partial charge in [-0.2, -0.15) is 0 Å². The number of carbonyl (C=O) groups excluding carboxylic acids is 1. The van der Waals surface area contributed by atoms with E-state index in [1.54, 1.807) is 13.0 Å². The number of aliphatic hydroxyl groups excluding tert-OH is 1. The first-order chi connectivity index (χ1) is 5.91. The Balaban J connectivity index is 3.85. The Morgan fingerprint density at radius 2 is 2.00 bits per heavy atom. The lowest BCUT2D eigenvalue weighted by Crippen LogP contribution is -2.33. The van der Waals surface area contributed by atoms with Gasteiger partial charge in [0.1, 0.15) is 0 Å². The Morgan fingerprint density at radius 1 is 1.46 bits per heavy atom. The van der Waals surface area contributed by atoms with Gasteiger partial charge in [-0.15, -0.1) is 0 Å². The number of carbonyl (C=O) groups is 1. The zero-order chi connectivity index (χ0) is 10.4. The highest BCUT2D eigenvalue weighted by Gasteiger charge is 2.07. The summed E-state index contributed by atoms with van der Waals surface area (Å²) >= 11 is 0. The van der Waals surface area contributed by atoms with Crippen molar-refractivity contribution in [1.29, 1.82) is 0 Å². The molecule has 0 aromatic heterocycles. The SMILES string of the molecule is CC(C)=CC(=O)NC(C)CC(C)O. The van der Waals surface area contributed by atoms with Gasteiger partial charge >= 0.3 is 0 Å². The molecule has 3 nitrogen and oxygen atoms in total. The first-order valence-corrected chi connectivity index (χ1v) is 4.55. The van der Waals surface area contributed by atoms with Crippen LogP contribution in [0.4, 0.5) is 0 Å². The van der Waals surface area contributed by atoms with E-state index in [1.165, 1.54) is 0 Å². The molecule has 2 unspecified atom stereocenters. The van der Waals surface area contributed by atoms with E-state index in [-0.39, 0.29) is 18.1 Å². The van der Waals surface area contributed by atoms with E-state index in [9.17, 15) is 4.79 Å². The molecular weight excluding hydrogens is 166 g/mol. The van der Waals surface area contributed by atoms with Crippen LogP contribution in [0.1, 0.15) is 34.1 Å². The minimum atomic E-state index is -0.373. The van der Waals surface area contributed by atoms with Crippen LogP contribution in [-0.4, -0.2) is 23.2 Å². The molecule has 0 saturated heterocycles. The van der Waals surface area contributed by atoms with Gasteiger partial charge in [-0.05, 0) is 34.1 Å². The number of hydrogen-bond acceptors (Lipinski definition) is 2. The highest BCUT2D eigenvalue weighted by atomic mass is 16.3. The molecule has 0 aromatic carbocycles. The van der Waals surface area contributed by atoms with E-state index in [2.05, 4.69) is 5.32 Å². The monoisotopic (exact) mass is 185 g/mol. The predicted molar refractivity (Wildman–Crippen MR) is 53.3 cm³/mol. The summed E-state index contributed by atoms with van der Waals surface area (Å²) in [5.74, 6) is -0.0897. The molecule has 0 aliphatic heterocycles. The maximum atomic E-state index is 11.2. The summed E-state index contributed by atoms with van der Waals surface area (Å²) in [6.45, 7) is 7.34. The fourth-order valence-electron chi connectivity index (χ4n) is 1.12. The molecule has 0 aromatic rings. The smallest absolute Gasteiger partial charge is 0.244 e. The molecule has 0 saturated carbocycles. The fourth-order valence-corrected chi connectivity index (χ4v) is 1.12. The van der Waals surface area contributed by atoms with Crippen LogP contribution in [0.3, 0.4) is 0 Å². The minimum Gasteiger partial charge on any atom is -0.393 e. The lowest BCUT2D eigenvalue weighted by atomic mass is 10.1. The fraction of sp³-hybridized carbons (Fsp3) is 0.700. The molecule has 0 fully saturated rings. The first-order valence-electron chi connectivity index (χ1n) is 4.55. The van der Waals surface area contributed by atoms with E-state index in [0.717, 1.165) is 5.57 Å². The Kier molecular flexibility index (Phi) is 5.39. The average molecular weight is 185 g/mol. The van der Waals surface area contributed by atoms with E-state index >= 15 is 0 Å². The van der Waals surface area contributed by atoms with Gasteiger partial charge in [0.25, 0.3) is 0 Å². The maximum absolute atomic E-state index is 11.2. The number of rotatable bonds is 4. The third-order valence-corrected chi connectivity index (χ3v) is 1.50. The standard InChI is InChI=1S/C10H19NO2/c1-7(2)5-10(13)11-8(3)6-9(4)12/h5,8-9,12H,6H2,1-4H3,(H,11,13). The topological polar surface area (TPSA) is 49.3 Å². The van der Waals surface area contributed by atoms with E-state index in [1.807, 2.05) is 20.8 Å². The van der Waals surface area contributed by atoms with Crippen molar-refractivity contribution in [3.63, 3.8) is 0 Å². The number of allylic oxidation sites excluding steroid dienone is 1. The summed E-state index contributed by atoms with van der Waals surface area (Å²) < 4.78 is 0. The van der Waals surface area contributed by atoms with Gasteiger partial charge in [0.05, 0.1) is 6.10 Å². The van der Waals surface area contributed by atoms with Gasteiger partial charge in [0.2, 0.25) is 5.91 Å². The zero-order valence-corrected chi connectivity index (χ0v) is 8.79. The van der Waals surface area contributed by atoms with Crippen LogP contribution in [0.15, 0.2) is 11.6 Å². The van der Waals surface area contributed by atoms with Gasteiger partial charge in [-0.3, -0.25) is 4.79 Å².